The highest BCUT2D eigenvalue weighted by molar-refractivity contribution is 5.55. The van der Waals surface area contributed by atoms with Gasteiger partial charge in [0.1, 0.15) is 5.82 Å². The summed E-state index contributed by atoms with van der Waals surface area (Å²) in [6.45, 7) is 7.35. The minimum atomic E-state index is -0.115. The molecule has 0 atom stereocenters. The number of ether oxygens (including phenoxy) is 1. The van der Waals surface area contributed by atoms with Crippen LogP contribution < -0.4 is 10.2 Å². The lowest BCUT2D eigenvalue weighted by atomic mass is 10.1. The van der Waals surface area contributed by atoms with Crippen molar-refractivity contribution >= 4 is 5.69 Å². The number of hydrogen-bond donors (Lipinski definition) is 1. The monoisotopic (exact) mass is 294 g/mol. The Morgan fingerprint density at radius 2 is 2.14 bits per heavy atom. The predicted molar refractivity (Wildman–Crippen MR) is 85.2 cm³/mol. The Morgan fingerprint density at radius 3 is 2.76 bits per heavy atom. The molecule has 0 bridgehead atoms. The fourth-order valence-corrected chi connectivity index (χ4v) is 2.56. The van der Waals surface area contributed by atoms with Gasteiger partial charge in [-0.2, -0.15) is 0 Å². The van der Waals surface area contributed by atoms with Crippen molar-refractivity contribution in [2.75, 3.05) is 31.7 Å². The van der Waals surface area contributed by atoms with Crippen molar-refractivity contribution in [3.63, 3.8) is 0 Å². The molecule has 1 N–H and O–H groups in total. The van der Waals surface area contributed by atoms with Gasteiger partial charge >= 0.3 is 0 Å². The summed E-state index contributed by atoms with van der Waals surface area (Å²) in [5.41, 5.74) is 1.80. The van der Waals surface area contributed by atoms with Gasteiger partial charge in [0.05, 0.1) is 12.3 Å². The number of methoxy groups -OCH3 is 1. The Labute approximate surface area is 127 Å². The van der Waals surface area contributed by atoms with Crippen LogP contribution in [0.25, 0.3) is 0 Å². The Kier molecular flexibility index (Phi) is 6.00. The fraction of sp³-hybridized carbons (Fsp3) is 0.647. The van der Waals surface area contributed by atoms with E-state index >= 15 is 0 Å². The molecule has 3 nitrogen and oxygen atoms in total. The van der Waals surface area contributed by atoms with E-state index in [-0.39, 0.29) is 5.82 Å². The first-order valence-electron chi connectivity index (χ1n) is 7.87. The van der Waals surface area contributed by atoms with Gasteiger partial charge in [0, 0.05) is 32.8 Å². The molecule has 0 amide bonds. The first-order chi connectivity index (χ1) is 10.1. The number of hydrogen-bond acceptors (Lipinski definition) is 3. The van der Waals surface area contributed by atoms with E-state index in [0.29, 0.717) is 19.2 Å². The van der Waals surface area contributed by atoms with Crippen LogP contribution in [-0.2, 0) is 11.3 Å². The molecular weight excluding hydrogens is 267 g/mol. The molecule has 1 aliphatic carbocycles. The van der Waals surface area contributed by atoms with Gasteiger partial charge in [0.25, 0.3) is 0 Å². The molecule has 1 fully saturated rings. The summed E-state index contributed by atoms with van der Waals surface area (Å²) in [5, 5.41) is 3.31. The molecule has 0 radical (unpaired) electrons. The molecule has 0 aromatic heterocycles. The van der Waals surface area contributed by atoms with E-state index in [1.54, 1.807) is 19.2 Å². The summed E-state index contributed by atoms with van der Waals surface area (Å²) in [6, 6.07) is 5.68. The number of rotatable bonds is 9. The quantitative estimate of drug-likeness (QED) is 0.708. The highest BCUT2D eigenvalue weighted by Crippen LogP contribution is 2.34. The van der Waals surface area contributed by atoms with Crippen molar-refractivity contribution < 1.29 is 9.13 Å². The molecule has 1 saturated carbocycles. The summed E-state index contributed by atoms with van der Waals surface area (Å²) >= 11 is 0. The second kappa shape index (κ2) is 7.76. The van der Waals surface area contributed by atoms with Gasteiger partial charge in [0.15, 0.2) is 0 Å². The van der Waals surface area contributed by atoms with Crippen molar-refractivity contribution in [2.45, 2.75) is 39.3 Å². The topological polar surface area (TPSA) is 24.5 Å². The van der Waals surface area contributed by atoms with Crippen LogP contribution in [0, 0.1) is 11.7 Å². The van der Waals surface area contributed by atoms with Crippen molar-refractivity contribution in [1.82, 2.24) is 5.32 Å². The average Bonchev–Trinajstić information content (AvgIpc) is 3.26. The number of nitrogens with zero attached hydrogens (tertiary/aromatic N) is 1. The van der Waals surface area contributed by atoms with Crippen LogP contribution in [0.4, 0.5) is 10.1 Å². The molecule has 0 spiro atoms. The zero-order valence-corrected chi connectivity index (χ0v) is 13.4. The molecule has 0 aliphatic heterocycles. The lowest BCUT2D eigenvalue weighted by Gasteiger charge is -2.31. The number of para-hydroxylation sites is 1. The molecule has 0 heterocycles. The summed E-state index contributed by atoms with van der Waals surface area (Å²) in [5.74, 6) is 0.622. The third kappa shape index (κ3) is 4.68. The zero-order valence-electron chi connectivity index (χ0n) is 13.4. The molecule has 2 rings (SSSR count). The number of anilines is 1. The summed E-state index contributed by atoms with van der Waals surface area (Å²) in [4.78, 5) is 2.22. The van der Waals surface area contributed by atoms with Crippen LogP contribution in [0.15, 0.2) is 18.2 Å². The maximum absolute atomic E-state index is 14.4. The summed E-state index contributed by atoms with van der Waals surface area (Å²) in [7, 11) is 1.69. The van der Waals surface area contributed by atoms with Crippen LogP contribution in [0.2, 0.25) is 0 Å². The van der Waals surface area contributed by atoms with Gasteiger partial charge < -0.3 is 15.0 Å². The minimum absolute atomic E-state index is 0.115. The highest BCUT2D eigenvalue weighted by Gasteiger charge is 2.28. The van der Waals surface area contributed by atoms with E-state index in [9.17, 15) is 4.39 Å². The second-order valence-electron chi connectivity index (χ2n) is 6.11. The molecular formula is C17H27FN2O. The maximum Gasteiger partial charge on any atom is 0.146 e. The van der Waals surface area contributed by atoms with E-state index in [0.717, 1.165) is 30.3 Å². The molecule has 4 heteroatoms. The van der Waals surface area contributed by atoms with Gasteiger partial charge in [-0.25, -0.2) is 4.39 Å². The third-order valence-corrected chi connectivity index (χ3v) is 3.93. The first-order valence-corrected chi connectivity index (χ1v) is 7.87. The second-order valence-corrected chi connectivity index (χ2v) is 6.11. The van der Waals surface area contributed by atoms with Crippen LogP contribution in [0.1, 0.15) is 32.3 Å². The van der Waals surface area contributed by atoms with Gasteiger partial charge in [-0.3, -0.25) is 0 Å². The zero-order chi connectivity index (χ0) is 15.2. The standard InChI is InChI=1S/C17H27FN2O/c1-13(2)20(12-14-7-8-14)17-15(5-4-6-16(17)18)11-19-9-10-21-3/h4-6,13-14,19H,7-12H2,1-3H3. The largest absolute Gasteiger partial charge is 0.383 e. The smallest absolute Gasteiger partial charge is 0.146 e. The molecule has 0 unspecified atom stereocenters. The lowest BCUT2D eigenvalue weighted by Crippen LogP contribution is -2.35. The Balaban J connectivity index is 2.13. The van der Waals surface area contributed by atoms with E-state index in [1.807, 2.05) is 6.07 Å². The molecule has 1 aliphatic rings. The van der Waals surface area contributed by atoms with Crippen molar-refractivity contribution in [3.05, 3.63) is 29.6 Å². The summed E-state index contributed by atoms with van der Waals surface area (Å²) in [6.07, 6.45) is 2.55. The van der Waals surface area contributed by atoms with Crippen LogP contribution in [0.5, 0.6) is 0 Å². The Bertz CT molecular complexity index is 446. The van der Waals surface area contributed by atoms with E-state index in [4.69, 9.17) is 4.74 Å². The van der Waals surface area contributed by atoms with E-state index < -0.39 is 0 Å². The lowest BCUT2D eigenvalue weighted by molar-refractivity contribution is 0.199. The highest BCUT2D eigenvalue weighted by atomic mass is 19.1. The first kappa shape index (κ1) is 16.2. The minimum Gasteiger partial charge on any atom is -0.383 e. The van der Waals surface area contributed by atoms with Gasteiger partial charge in [-0.05, 0) is 44.2 Å². The van der Waals surface area contributed by atoms with Crippen LogP contribution in [0.3, 0.4) is 0 Å². The fourth-order valence-electron chi connectivity index (χ4n) is 2.56. The van der Waals surface area contributed by atoms with Crippen LogP contribution in [-0.4, -0.2) is 32.8 Å². The normalized spacial score (nSPS) is 14.7. The van der Waals surface area contributed by atoms with Crippen molar-refractivity contribution in [3.8, 4) is 0 Å². The predicted octanol–water partition coefficient (Wildman–Crippen LogP) is 3.19. The molecule has 1 aromatic rings. The van der Waals surface area contributed by atoms with E-state index in [2.05, 4.69) is 24.1 Å². The number of benzene rings is 1. The Hall–Kier alpha value is -1.13. The van der Waals surface area contributed by atoms with Crippen molar-refractivity contribution in [2.24, 2.45) is 5.92 Å². The van der Waals surface area contributed by atoms with Gasteiger partial charge in [-0.1, -0.05) is 12.1 Å². The SMILES string of the molecule is COCCNCc1cccc(F)c1N(CC1CC1)C(C)C. The molecule has 118 valence electrons. The van der Waals surface area contributed by atoms with Crippen molar-refractivity contribution in [1.29, 1.82) is 0 Å². The summed E-state index contributed by atoms with van der Waals surface area (Å²) < 4.78 is 19.4. The van der Waals surface area contributed by atoms with E-state index in [1.165, 1.54) is 12.8 Å². The molecule has 0 saturated heterocycles. The molecule has 1 aromatic carbocycles. The number of halogens is 1. The third-order valence-electron chi connectivity index (χ3n) is 3.93. The molecule has 21 heavy (non-hydrogen) atoms. The Morgan fingerprint density at radius 1 is 1.38 bits per heavy atom. The maximum atomic E-state index is 14.4. The van der Waals surface area contributed by atoms with Gasteiger partial charge in [0.2, 0.25) is 0 Å². The van der Waals surface area contributed by atoms with Gasteiger partial charge in [-0.15, -0.1) is 0 Å². The average molecular weight is 294 g/mol. The van der Waals surface area contributed by atoms with Crippen LogP contribution >= 0.6 is 0 Å². The number of nitrogens with one attached hydrogen (secondary N) is 1.